The summed E-state index contributed by atoms with van der Waals surface area (Å²) in [7, 11) is 0. The van der Waals surface area contributed by atoms with Crippen molar-refractivity contribution in [2.45, 2.75) is 12.4 Å². The lowest BCUT2D eigenvalue weighted by atomic mass is 10.2. The molecule has 70 valence electrons. The molecule has 1 fully saturated rings. The molecule has 0 unspecified atom stereocenters. The molecule has 1 saturated heterocycles. The average molecular weight is 199 g/mol. The fourth-order valence-corrected chi connectivity index (χ4v) is 1.48. The first-order valence-corrected chi connectivity index (χ1v) is 4.81. The molecule has 0 spiro atoms. The van der Waals surface area contributed by atoms with E-state index in [4.69, 9.17) is 21.1 Å². The van der Waals surface area contributed by atoms with Crippen LogP contribution in [-0.4, -0.2) is 18.6 Å². The first-order valence-electron chi connectivity index (χ1n) is 4.28. The van der Waals surface area contributed by atoms with Crippen molar-refractivity contribution >= 4 is 11.6 Å². The lowest BCUT2D eigenvalue weighted by Crippen LogP contribution is -2.10. The van der Waals surface area contributed by atoms with Gasteiger partial charge in [0.2, 0.25) is 0 Å². The van der Waals surface area contributed by atoms with Gasteiger partial charge in [0, 0.05) is 5.56 Å². The molecule has 0 N–H and O–H groups in total. The Morgan fingerprint density at radius 3 is 2.69 bits per heavy atom. The Morgan fingerprint density at radius 2 is 2.08 bits per heavy atom. The zero-order valence-electron chi connectivity index (χ0n) is 7.15. The third-order valence-electron chi connectivity index (χ3n) is 1.99. The molecule has 3 heteroatoms. The molecule has 2 nitrogen and oxygen atoms in total. The number of hydrogen-bond acceptors (Lipinski definition) is 2. The quantitative estimate of drug-likeness (QED) is 0.680. The maximum absolute atomic E-state index is 5.66. The zero-order valence-corrected chi connectivity index (χ0v) is 7.91. The largest absolute Gasteiger partial charge is 0.346 e. The van der Waals surface area contributed by atoms with Gasteiger partial charge >= 0.3 is 0 Å². The van der Waals surface area contributed by atoms with Crippen molar-refractivity contribution in [3.8, 4) is 0 Å². The summed E-state index contributed by atoms with van der Waals surface area (Å²) in [5.41, 5.74) is 1.05. The molecule has 0 saturated carbocycles. The zero-order chi connectivity index (χ0) is 9.10. The van der Waals surface area contributed by atoms with Crippen molar-refractivity contribution in [3.63, 3.8) is 0 Å². The smallest absolute Gasteiger partial charge is 0.184 e. The molecule has 0 radical (unpaired) electrons. The molecule has 1 aliphatic rings. The van der Waals surface area contributed by atoms with E-state index in [0.29, 0.717) is 12.5 Å². The summed E-state index contributed by atoms with van der Waals surface area (Å²) in [6.07, 6.45) is -0.197. The highest BCUT2D eigenvalue weighted by Crippen LogP contribution is 2.26. The molecule has 2 atom stereocenters. The van der Waals surface area contributed by atoms with E-state index in [2.05, 4.69) is 0 Å². The van der Waals surface area contributed by atoms with E-state index < -0.39 is 0 Å². The third kappa shape index (κ3) is 2.02. The highest BCUT2D eigenvalue weighted by atomic mass is 35.5. The Labute approximate surface area is 82.4 Å². The van der Waals surface area contributed by atoms with Gasteiger partial charge in [-0.15, -0.1) is 11.6 Å². The number of benzene rings is 1. The van der Waals surface area contributed by atoms with E-state index in [1.807, 2.05) is 30.3 Å². The van der Waals surface area contributed by atoms with Crippen LogP contribution in [0.5, 0.6) is 0 Å². The molecule has 2 rings (SSSR count). The van der Waals surface area contributed by atoms with Crippen molar-refractivity contribution in [2.75, 3.05) is 12.5 Å². The second-order valence-electron chi connectivity index (χ2n) is 2.99. The van der Waals surface area contributed by atoms with Crippen LogP contribution in [0.25, 0.3) is 0 Å². The summed E-state index contributed by atoms with van der Waals surface area (Å²) in [5, 5.41) is 0. The van der Waals surface area contributed by atoms with E-state index in [-0.39, 0.29) is 12.4 Å². The fraction of sp³-hybridized carbons (Fsp3) is 0.400. The standard InChI is InChI=1S/C10H11ClO2/c11-6-9-7-12-10(13-9)8-4-2-1-3-5-8/h1-5,9-10H,6-7H2/t9-,10-/m0/s1. The Balaban J connectivity index is 2.04. The molecule has 1 aromatic rings. The van der Waals surface area contributed by atoms with Crippen molar-refractivity contribution in [1.82, 2.24) is 0 Å². The van der Waals surface area contributed by atoms with Crippen molar-refractivity contribution < 1.29 is 9.47 Å². The van der Waals surface area contributed by atoms with Crippen LogP contribution in [0.1, 0.15) is 11.9 Å². The van der Waals surface area contributed by atoms with E-state index in [1.54, 1.807) is 0 Å². The van der Waals surface area contributed by atoms with Crippen molar-refractivity contribution in [2.24, 2.45) is 0 Å². The first kappa shape index (κ1) is 9.00. The summed E-state index contributed by atoms with van der Waals surface area (Å²) in [5.74, 6) is 0.489. The number of hydrogen-bond donors (Lipinski definition) is 0. The summed E-state index contributed by atoms with van der Waals surface area (Å²) in [4.78, 5) is 0. The van der Waals surface area contributed by atoms with Crippen LogP contribution < -0.4 is 0 Å². The predicted molar refractivity (Wildman–Crippen MR) is 50.7 cm³/mol. The van der Waals surface area contributed by atoms with Gasteiger partial charge in [-0.05, 0) is 0 Å². The molecule has 0 aliphatic carbocycles. The maximum atomic E-state index is 5.66. The lowest BCUT2D eigenvalue weighted by molar-refractivity contribution is -0.0567. The van der Waals surface area contributed by atoms with E-state index in [0.717, 1.165) is 5.56 Å². The van der Waals surface area contributed by atoms with Gasteiger partial charge in [0.1, 0.15) is 0 Å². The summed E-state index contributed by atoms with van der Waals surface area (Å²) >= 11 is 5.66. The maximum Gasteiger partial charge on any atom is 0.184 e. The van der Waals surface area contributed by atoms with Gasteiger partial charge in [-0.25, -0.2) is 0 Å². The second-order valence-corrected chi connectivity index (χ2v) is 3.30. The molecule has 1 aliphatic heterocycles. The van der Waals surface area contributed by atoms with Gasteiger partial charge in [-0.3, -0.25) is 0 Å². The molecule has 13 heavy (non-hydrogen) atoms. The lowest BCUT2D eigenvalue weighted by Gasteiger charge is -2.09. The van der Waals surface area contributed by atoms with Gasteiger partial charge in [0.15, 0.2) is 6.29 Å². The van der Waals surface area contributed by atoms with E-state index in [1.165, 1.54) is 0 Å². The van der Waals surface area contributed by atoms with Crippen molar-refractivity contribution in [1.29, 1.82) is 0 Å². The summed E-state index contributed by atoms with van der Waals surface area (Å²) in [6, 6.07) is 9.88. The number of ether oxygens (including phenoxy) is 2. The van der Waals surface area contributed by atoms with Gasteiger partial charge in [-0.1, -0.05) is 30.3 Å². The Hall–Kier alpha value is -0.570. The fourth-order valence-electron chi connectivity index (χ4n) is 1.31. The van der Waals surface area contributed by atoms with Crippen LogP contribution >= 0.6 is 11.6 Å². The second kappa shape index (κ2) is 4.09. The van der Waals surface area contributed by atoms with Gasteiger partial charge in [0.25, 0.3) is 0 Å². The Bertz CT molecular complexity index is 263. The number of alkyl halides is 1. The predicted octanol–water partition coefficient (Wildman–Crippen LogP) is 2.34. The highest BCUT2D eigenvalue weighted by Gasteiger charge is 2.26. The normalized spacial score (nSPS) is 27.8. The van der Waals surface area contributed by atoms with Crippen molar-refractivity contribution in [3.05, 3.63) is 35.9 Å². The van der Waals surface area contributed by atoms with Crippen LogP contribution in [0, 0.1) is 0 Å². The monoisotopic (exact) mass is 198 g/mol. The van der Waals surface area contributed by atoms with Gasteiger partial charge in [-0.2, -0.15) is 0 Å². The van der Waals surface area contributed by atoms with E-state index in [9.17, 15) is 0 Å². The summed E-state index contributed by atoms with van der Waals surface area (Å²) < 4.78 is 11.0. The minimum absolute atomic E-state index is 0.0341. The summed E-state index contributed by atoms with van der Waals surface area (Å²) in [6.45, 7) is 0.586. The molecular weight excluding hydrogens is 188 g/mol. The third-order valence-corrected chi connectivity index (χ3v) is 2.34. The van der Waals surface area contributed by atoms with Gasteiger partial charge < -0.3 is 9.47 Å². The highest BCUT2D eigenvalue weighted by molar-refractivity contribution is 6.18. The molecular formula is C10H11ClO2. The molecule has 0 amide bonds. The molecule has 0 aromatic heterocycles. The van der Waals surface area contributed by atoms with E-state index >= 15 is 0 Å². The topological polar surface area (TPSA) is 18.5 Å². The SMILES string of the molecule is ClC[C@H]1CO[C@H](c2ccccc2)O1. The van der Waals surface area contributed by atoms with Crippen LogP contribution in [0.15, 0.2) is 30.3 Å². The minimum Gasteiger partial charge on any atom is -0.346 e. The Morgan fingerprint density at radius 1 is 1.31 bits per heavy atom. The molecule has 0 bridgehead atoms. The van der Waals surface area contributed by atoms with Crippen LogP contribution in [0.4, 0.5) is 0 Å². The van der Waals surface area contributed by atoms with Crippen LogP contribution in [-0.2, 0) is 9.47 Å². The molecule has 1 heterocycles. The Kier molecular flexibility index (Phi) is 2.83. The molecule has 1 aromatic carbocycles. The number of halogens is 1. The van der Waals surface area contributed by atoms with Crippen LogP contribution in [0.2, 0.25) is 0 Å². The van der Waals surface area contributed by atoms with Crippen LogP contribution in [0.3, 0.4) is 0 Å². The van der Waals surface area contributed by atoms with Gasteiger partial charge in [0.05, 0.1) is 18.6 Å². The first-order chi connectivity index (χ1) is 6.40. The number of rotatable bonds is 2. The minimum atomic E-state index is -0.232. The average Bonchev–Trinajstić information content (AvgIpc) is 2.67.